The molecule has 1 aromatic rings. The topological polar surface area (TPSA) is 66.5 Å². The highest BCUT2D eigenvalue weighted by Crippen LogP contribution is 2.25. The average molecular weight is 345 g/mol. The Hall–Kier alpha value is -1.27. The van der Waals surface area contributed by atoms with Gasteiger partial charge < -0.3 is 5.32 Å². The molecule has 0 aromatic heterocycles. The molecular formula is C15H21ClN2O3S. The molecule has 0 bridgehead atoms. The van der Waals surface area contributed by atoms with Crippen molar-refractivity contribution in [2.24, 2.45) is 0 Å². The Balaban J connectivity index is 2.20. The predicted molar refractivity (Wildman–Crippen MR) is 89.0 cm³/mol. The number of benzene rings is 1. The maximum Gasteiger partial charge on any atom is 0.253 e. The van der Waals surface area contributed by atoms with Gasteiger partial charge in [-0.05, 0) is 31.0 Å². The largest absolute Gasteiger partial charge is 0.349 e. The Labute approximate surface area is 136 Å². The van der Waals surface area contributed by atoms with Crippen LogP contribution in [-0.4, -0.2) is 33.7 Å². The van der Waals surface area contributed by atoms with E-state index < -0.39 is 10.0 Å². The molecule has 0 spiro atoms. The number of halogens is 1. The van der Waals surface area contributed by atoms with Crippen LogP contribution in [0.2, 0.25) is 5.02 Å². The molecule has 0 radical (unpaired) electrons. The molecule has 1 aromatic carbocycles. The number of hydrogen-bond donors (Lipinski definition) is 1. The Morgan fingerprint density at radius 3 is 2.50 bits per heavy atom. The molecule has 2 rings (SSSR count). The van der Waals surface area contributed by atoms with E-state index in [0.29, 0.717) is 16.3 Å². The number of carbonyl (C=O) groups is 1. The Bertz CT molecular complexity index is 655. The van der Waals surface area contributed by atoms with Gasteiger partial charge in [0.25, 0.3) is 5.91 Å². The smallest absolute Gasteiger partial charge is 0.253 e. The number of sulfonamides is 1. The summed E-state index contributed by atoms with van der Waals surface area (Å²) in [4.78, 5) is 12.4. The van der Waals surface area contributed by atoms with Crippen LogP contribution in [0.25, 0.3) is 0 Å². The van der Waals surface area contributed by atoms with E-state index in [9.17, 15) is 13.2 Å². The van der Waals surface area contributed by atoms with Gasteiger partial charge in [-0.3, -0.25) is 9.10 Å². The van der Waals surface area contributed by atoms with Gasteiger partial charge in [0, 0.05) is 13.1 Å². The molecule has 0 aliphatic heterocycles. The van der Waals surface area contributed by atoms with Crippen LogP contribution in [0, 0.1) is 0 Å². The van der Waals surface area contributed by atoms with Gasteiger partial charge >= 0.3 is 0 Å². The van der Waals surface area contributed by atoms with Crippen LogP contribution < -0.4 is 9.62 Å². The van der Waals surface area contributed by atoms with Gasteiger partial charge in [-0.2, -0.15) is 0 Å². The molecule has 0 unspecified atom stereocenters. The summed E-state index contributed by atoms with van der Waals surface area (Å²) in [7, 11) is -1.93. The summed E-state index contributed by atoms with van der Waals surface area (Å²) in [5, 5.41) is 3.31. The van der Waals surface area contributed by atoms with E-state index in [1.54, 1.807) is 12.1 Å². The highest BCUT2D eigenvalue weighted by molar-refractivity contribution is 7.92. The van der Waals surface area contributed by atoms with Crippen LogP contribution in [0.5, 0.6) is 0 Å². The number of rotatable bonds is 4. The number of nitrogens with one attached hydrogen (secondary N) is 1. The van der Waals surface area contributed by atoms with E-state index in [1.165, 1.54) is 19.5 Å². The molecule has 1 amide bonds. The molecule has 1 N–H and O–H groups in total. The zero-order chi connectivity index (χ0) is 16.3. The fourth-order valence-electron chi connectivity index (χ4n) is 2.58. The second-order valence-electron chi connectivity index (χ2n) is 5.70. The monoisotopic (exact) mass is 344 g/mol. The number of carbonyl (C=O) groups excluding carboxylic acids is 1. The van der Waals surface area contributed by atoms with Crippen LogP contribution in [0.4, 0.5) is 5.69 Å². The lowest BCUT2D eigenvalue weighted by Crippen LogP contribution is -2.36. The van der Waals surface area contributed by atoms with E-state index in [1.807, 2.05) is 0 Å². The Morgan fingerprint density at radius 1 is 1.27 bits per heavy atom. The van der Waals surface area contributed by atoms with Crippen molar-refractivity contribution in [3.63, 3.8) is 0 Å². The first-order valence-electron chi connectivity index (χ1n) is 7.33. The molecule has 1 fully saturated rings. The molecule has 1 aliphatic carbocycles. The van der Waals surface area contributed by atoms with Crippen LogP contribution in [0.3, 0.4) is 0 Å². The van der Waals surface area contributed by atoms with Crippen molar-refractivity contribution in [1.82, 2.24) is 5.32 Å². The van der Waals surface area contributed by atoms with Crippen molar-refractivity contribution in [3.05, 3.63) is 28.8 Å². The summed E-state index contributed by atoms with van der Waals surface area (Å²) in [5.74, 6) is -0.249. The van der Waals surface area contributed by atoms with Gasteiger partial charge in [0.2, 0.25) is 10.0 Å². The second kappa shape index (κ2) is 6.87. The molecular weight excluding hydrogens is 324 g/mol. The molecule has 5 nitrogen and oxygen atoms in total. The van der Waals surface area contributed by atoms with Gasteiger partial charge in [0.1, 0.15) is 0 Å². The lowest BCUT2D eigenvalue weighted by atomic mass is 9.95. The lowest BCUT2D eigenvalue weighted by Gasteiger charge is -2.23. The number of hydrogen-bond acceptors (Lipinski definition) is 3. The first-order chi connectivity index (χ1) is 10.3. The molecule has 1 saturated carbocycles. The molecule has 7 heteroatoms. The molecule has 1 aliphatic rings. The normalized spacial score (nSPS) is 16.3. The third-order valence-corrected chi connectivity index (χ3v) is 5.53. The molecule has 122 valence electrons. The van der Waals surface area contributed by atoms with Gasteiger partial charge in [-0.15, -0.1) is 0 Å². The predicted octanol–water partition coefficient (Wildman–Crippen LogP) is 2.80. The second-order valence-corrected chi connectivity index (χ2v) is 8.12. The first kappa shape index (κ1) is 17.1. The number of amides is 1. The van der Waals surface area contributed by atoms with E-state index in [4.69, 9.17) is 11.6 Å². The lowest BCUT2D eigenvalue weighted by molar-refractivity contribution is 0.0928. The number of anilines is 1. The summed E-state index contributed by atoms with van der Waals surface area (Å²) >= 11 is 6.10. The molecule has 0 atom stereocenters. The van der Waals surface area contributed by atoms with Gasteiger partial charge in [-0.1, -0.05) is 30.9 Å². The van der Waals surface area contributed by atoms with E-state index in [-0.39, 0.29) is 11.9 Å². The first-order valence-corrected chi connectivity index (χ1v) is 9.56. The third-order valence-electron chi connectivity index (χ3n) is 4.00. The van der Waals surface area contributed by atoms with Crippen LogP contribution in [0.1, 0.15) is 42.5 Å². The Morgan fingerprint density at radius 2 is 1.91 bits per heavy atom. The van der Waals surface area contributed by atoms with Crippen LogP contribution in [-0.2, 0) is 10.0 Å². The van der Waals surface area contributed by atoms with Gasteiger partial charge in [0.15, 0.2) is 0 Å². The summed E-state index contributed by atoms with van der Waals surface area (Å²) in [6, 6.07) is 4.82. The molecule has 22 heavy (non-hydrogen) atoms. The van der Waals surface area contributed by atoms with Crippen molar-refractivity contribution in [2.45, 2.75) is 38.1 Å². The maximum atomic E-state index is 12.4. The van der Waals surface area contributed by atoms with Gasteiger partial charge in [-0.25, -0.2) is 8.42 Å². The summed E-state index contributed by atoms with van der Waals surface area (Å²) < 4.78 is 24.3. The highest BCUT2D eigenvalue weighted by atomic mass is 35.5. The minimum Gasteiger partial charge on any atom is -0.349 e. The zero-order valence-electron chi connectivity index (χ0n) is 12.8. The number of nitrogens with zero attached hydrogens (tertiary/aromatic N) is 1. The fourth-order valence-corrected chi connectivity index (χ4v) is 3.28. The van der Waals surface area contributed by atoms with Crippen LogP contribution in [0.15, 0.2) is 18.2 Å². The van der Waals surface area contributed by atoms with Crippen molar-refractivity contribution < 1.29 is 13.2 Å². The van der Waals surface area contributed by atoms with Crippen molar-refractivity contribution in [1.29, 1.82) is 0 Å². The third kappa shape index (κ3) is 4.14. The van der Waals surface area contributed by atoms with Crippen molar-refractivity contribution >= 4 is 33.2 Å². The SMILES string of the molecule is CN(c1ccc(Cl)c(C(=O)NC2CCCCC2)c1)S(C)(=O)=O. The standard InChI is InChI=1S/C15H21ClN2O3S/c1-18(22(2,20)21)12-8-9-14(16)13(10-12)15(19)17-11-6-4-3-5-7-11/h8-11H,3-7H2,1-2H3,(H,17,19). The average Bonchev–Trinajstić information content (AvgIpc) is 2.47. The minimum absolute atomic E-state index is 0.175. The van der Waals surface area contributed by atoms with E-state index >= 15 is 0 Å². The molecule has 0 heterocycles. The summed E-state index contributed by atoms with van der Waals surface area (Å²) in [6.07, 6.45) is 6.52. The Kier molecular flexibility index (Phi) is 5.34. The summed E-state index contributed by atoms with van der Waals surface area (Å²) in [5.41, 5.74) is 0.723. The van der Waals surface area contributed by atoms with Crippen molar-refractivity contribution in [2.75, 3.05) is 17.6 Å². The molecule has 0 saturated heterocycles. The summed E-state index contributed by atoms with van der Waals surface area (Å²) in [6.45, 7) is 0. The van der Waals surface area contributed by atoms with Crippen molar-refractivity contribution in [3.8, 4) is 0 Å². The quantitative estimate of drug-likeness (QED) is 0.913. The minimum atomic E-state index is -3.38. The van der Waals surface area contributed by atoms with Crippen LogP contribution >= 0.6 is 11.6 Å². The highest BCUT2D eigenvalue weighted by Gasteiger charge is 2.20. The van der Waals surface area contributed by atoms with Gasteiger partial charge in [0.05, 0.1) is 22.5 Å². The fraction of sp³-hybridized carbons (Fsp3) is 0.533. The van der Waals surface area contributed by atoms with E-state index in [2.05, 4.69) is 5.32 Å². The van der Waals surface area contributed by atoms with E-state index in [0.717, 1.165) is 36.2 Å². The maximum absolute atomic E-state index is 12.4. The zero-order valence-corrected chi connectivity index (χ0v) is 14.4.